The second kappa shape index (κ2) is 6.43. The minimum absolute atomic E-state index is 0.0538. The van der Waals surface area contributed by atoms with Gasteiger partial charge in [0.1, 0.15) is 5.00 Å². The number of carbonyl (C=O) groups is 2. The first-order valence-corrected chi connectivity index (χ1v) is 8.24. The van der Waals surface area contributed by atoms with Crippen LogP contribution in [0.2, 0.25) is 0 Å². The lowest BCUT2D eigenvalue weighted by Crippen LogP contribution is -2.25. The van der Waals surface area contributed by atoms with Gasteiger partial charge in [-0.1, -0.05) is 12.8 Å². The molecule has 104 valence electrons. The van der Waals surface area contributed by atoms with Crippen LogP contribution < -0.4 is 11.1 Å². The van der Waals surface area contributed by atoms with Gasteiger partial charge in [-0.3, -0.25) is 9.59 Å². The molecule has 1 atom stereocenters. The Morgan fingerprint density at radius 3 is 2.79 bits per heavy atom. The Morgan fingerprint density at radius 2 is 2.16 bits per heavy atom. The SMILES string of the molecule is C[C@H](SC1CCCC1)C(=O)Nc1sccc1C(N)=O. The Morgan fingerprint density at radius 1 is 1.47 bits per heavy atom. The molecule has 1 aliphatic rings. The summed E-state index contributed by atoms with van der Waals surface area (Å²) in [6, 6.07) is 1.64. The first-order chi connectivity index (χ1) is 9.08. The Hall–Kier alpha value is -1.01. The van der Waals surface area contributed by atoms with Crippen molar-refractivity contribution in [3.63, 3.8) is 0 Å². The van der Waals surface area contributed by atoms with Gasteiger partial charge < -0.3 is 11.1 Å². The molecular weight excluding hydrogens is 280 g/mol. The second-order valence-corrected chi connectivity index (χ2v) is 7.26. The summed E-state index contributed by atoms with van der Waals surface area (Å²) in [7, 11) is 0. The summed E-state index contributed by atoms with van der Waals surface area (Å²) in [5.74, 6) is -0.561. The van der Waals surface area contributed by atoms with Gasteiger partial charge in [-0.05, 0) is 31.2 Å². The highest BCUT2D eigenvalue weighted by Gasteiger charge is 2.23. The van der Waals surface area contributed by atoms with Gasteiger partial charge in [0.25, 0.3) is 5.91 Å². The third-order valence-corrected chi connectivity index (χ3v) is 5.54. The van der Waals surface area contributed by atoms with Gasteiger partial charge >= 0.3 is 0 Å². The molecule has 0 saturated heterocycles. The van der Waals surface area contributed by atoms with Crippen molar-refractivity contribution in [2.24, 2.45) is 5.73 Å². The number of thioether (sulfide) groups is 1. The molecule has 0 spiro atoms. The summed E-state index contributed by atoms with van der Waals surface area (Å²) in [5, 5.41) is 5.60. The number of hydrogen-bond donors (Lipinski definition) is 2. The van der Waals surface area contributed by atoms with Crippen molar-refractivity contribution < 1.29 is 9.59 Å². The number of thiophene rings is 1. The lowest BCUT2D eigenvalue weighted by Gasteiger charge is -2.15. The van der Waals surface area contributed by atoms with Gasteiger partial charge in [0.2, 0.25) is 5.91 Å². The zero-order valence-electron chi connectivity index (χ0n) is 10.8. The average molecular weight is 298 g/mol. The normalized spacial score (nSPS) is 17.3. The third-order valence-electron chi connectivity index (χ3n) is 3.24. The van der Waals surface area contributed by atoms with Crippen molar-refractivity contribution in [1.82, 2.24) is 0 Å². The Balaban J connectivity index is 1.92. The predicted octanol–water partition coefficient (Wildman–Crippen LogP) is 2.85. The molecule has 1 aromatic rings. The van der Waals surface area contributed by atoms with Crippen LogP contribution in [0.25, 0.3) is 0 Å². The van der Waals surface area contributed by atoms with Gasteiger partial charge in [-0.25, -0.2) is 0 Å². The summed E-state index contributed by atoms with van der Waals surface area (Å²) in [4.78, 5) is 23.3. The highest BCUT2D eigenvalue weighted by Crippen LogP contribution is 2.33. The smallest absolute Gasteiger partial charge is 0.251 e. The summed E-state index contributed by atoms with van der Waals surface area (Å²) >= 11 is 3.05. The highest BCUT2D eigenvalue weighted by atomic mass is 32.2. The van der Waals surface area contributed by atoms with Crippen LogP contribution in [0.5, 0.6) is 0 Å². The van der Waals surface area contributed by atoms with Gasteiger partial charge in [0, 0.05) is 5.25 Å². The van der Waals surface area contributed by atoms with E-state index in [1.165, 1.54) is 37.0 Å². The Kier molecular flexibility index (Phi) is 4.87. The first kappa shape index (κ1) is 14.4. The number of nitrogens with two attached hydrogens (primary N) is 1. The zero-order valence-corrected chi connectivity index (χ0v) is 12.5. The van der Waals surface area contributed by atoms with Crippen LogP contribution in [0.4, 0.5) is 5.00 Å². The van der Waals surface area contributed by atoms with E-state index in [2.05, 4.69) is 5.32 Å². The van der Waals surface area contributed by atoms with E-state index in [9.17, 15) is 9.59 Å². The van der Waals surface area contributed by atoms with Crippen LogP contribution in [-0.4, -0.2) is 22.3 Å². The maximum Gasteiger partial charge on any atom is 0.251 e. The standard InChI is InChI=1S/C13H18N2O2S2/c1-8(19-9-4-2-3-5-9)12(17)15-13-10(11(14)16)6-7-18-13/h6-9H,2-5H2,1H3,(H2,14,16)(H,15,17)/t8-/m0/s1. The van der Waals surface area contributed by atoms with E-state index in [0.29, 0.717) is 15.8 Å². The van der Waals surface area contributed by atoms with E-state index in [0.717, 1.165) is 0 Å². The molecule has 2 rings (SSSR count). The fourth-order valence-corrected chi connectivity index (χ4v) is 4.35. The minimum Gasteiger partial charge on any atom is -0.366 e. The lowest BCUT2D eigenvalue weighted by atomic mass is 10.3. The lowest BCUT2D eigenvalue weighted by molar-refractivity contribution is -0.115. The van der Waals surface area contributed by atoms with Crippen molar-refractivity contribution in [2.45, 2.75) is 43.1 Å². The minimum atomic E-state index is -0.507. The van der Waals surface area contributed by atoms with Crippen LogP contribution in [0, 0.1) is 0 Å². The summed E-state index contributed by atoms with van der Waals surface area (Å²) in [5.41, 5.74) is 5.64. The van der Waals surface area contributed by atoms with Gasteiger partial charge in [0.05, 0.1) is 10.8 Å². The van der Waals surface area contributed by atoms with E-state index >= 15 is 0 Å². The molecule has 0 aliphatic heterocycles. The van der Waals surface area contributed by atoms with Crippen LogP contribution in [0.15, 0.2) is 11.4 Å². The summed E-state index contributed by atoms with van der Waals surface area (Å²) in [6.45, 7) is 1.91. The number of amides is 2. The van der Waals surface area contributed by atoms with Crippen molar-refractivity contribution in [3.8, 4) is 0 Å². The largest absolute Gasteiger partial charge is 0.366 e. The number of hydrogen-bond acceptors (Lipinski definition) is 4. The van der Waals surface area contributed by atoms with Crippen molar-refractivity contribution in [3.05, 3.63) is 17.0 Å². The molecule has 6 heteroatoms. The molecule has 1 fully saturated rings. The van der Waals surface area contributed by atoms with E-state index in [4.69, 9.17) is 5.73 Å². The molecule has 3 N–H and O–H groups in total. The molecule has 1 saturated carbocycles. The Bertz CT molecular complexity index is 467. The van der Waals surface area contributed by atoms with E-state index in [-0.39, 0.29) is 11.2 Å². The fraction of sp³-hybridized carbons (Fsp3) is 0.538. The quantitative estimate of drug-likeness (QED) is 0.878. The molecule has 0 radical (unpaired) electrons. The van der Waals surface area contributed by atoms with Gasteiger partial charge in [-0.15, -0.1) is 23.1 Å². The first-order valence-electron chi connectivity index (χ1n) is 6.41. The van der Waals surface area contributed by atoms with E-state index in [1.54, 1.807) is 23.2 Å². The molecule has 0 bridgehead atoms. The van der Waals surface area contributed by atoms with Crippen LogP contribution in [-0.2, 0) is 4.79 Å². The van der Waals surface area contributed by atoms with Crippen LogP contribution in [0.3, 0.4) is 0 Å². The van der Waals surface area contributed by atoms with Gasteiger partial charge in [-0.2, -0.15) is 0 Å². The molecule has 1 aromatic heterocycles. The Labute approximate surface area is 121 Å². The molecular formula is C13H18N2O2S2. The molecule has 0 aromatic carbocycles. The topological polar surface area (TPSA) is 72.2 Å². The maximum atomic E-state index is 12.1. The number of anilines is 1. The van der Waals surface area contributed by atoms with Gasteiger partial charge in [0.15, 0.2) is 0 Å². The molecule has 4 nitrogen and oxygen atoms in total. The number of nitrogens with one attached hydrogen (secondary N) is 1. The molecule has 2 amide bonds. The maximum absolute atomic E-state index is 12.1. The number of rotatable bonds is 5. The predicted molar refractivity (Wildman–Crippen MR) is 80.8 cm³/mol. The summed E-state index contributed by atoms with van der Waals surface area (Å²) < 4.78 is 0. The van der Waals surface area contributed by atoms with Crippen LogP contribution >= 0.6 is 23.1 Å². The highest BCUT2D eigenvalue weighted by molar-refractivity contribution is 8.01. The van der Waals surface area contributed by atoms with Crippen molar-refractivity contribution >= 4 is 39.9 Å². The van der Waals surface area contributed by atoms with E-state index in [1.807, 2.05) is 6.92 Å². The van der Waals surface area contributed by atoms with Crippen molar-refractivity contribution in [1.29, 1.82) is 0 Å². The molecule has 1 aliphatic carbocycles. The monoisotopic (exact) mass is 298 g/mol. The molecule has 19 heavy (non-hydrogen) atoms. The fourth-order valence-electron chi connectivity index (χ4n) is 2.19. The molecule has 1 heterocycles. The second-order valence-electron chi connectivity index (χ2n) is 4.70. The number of carbonyl (C=O) groups excluding carboxylic acids is 2. The van der Waals surface area contributed by atoms with Crippen LogP contribution in [0.1, 0.15) is 43.0 Å². The van der Waals surface area contributed by atoms with E-state index < -0.39 is 5.91 Å². The van der Waals surface area contributed by atoms with Crippen molar-refractivity contribution in [2.75, 3.05) is 5.32 Å². The molecule has 0 unspecified atom stereocenters. The number of primary amides is 1. The summed E-state index contributed by atoms with van der Waals surface area (Å²) in [6.07, 6.45) is 4.94. The zero-order chi connectivity index (χ0) is 13.8. The third kappa shape index (κ3) is 3.73. The average Bonchev–Trinajstić information content (AvgIpc) is 2.99.